The van der Waals surface area contributed by atoms with Crippen LogP contribution in [0.15, 0.2) is 18.2 Å². The second kappa shape index (κ2) is 8.55. The van der Waals surface area contributed by atoms with Crippen LogP contribution >= 0.6 is 0 Å². The molecule has 1 heterocycles. The van der Waals surface area contributed by atoms with E-state index in [2.05, 4.69) is 5.32 Å². The SMILES string of the molecule is CC(=O)N1CCN(c2ccc(C(=O)NC3CCC(N)CC3)cc2[N+](=O)[O-])CC1. The molecule has 1 aromatic carbocycles. The molecule has 1 aliphatic carbocycles. The third kappa shape index (κ3) is 4.59. The first-order chi connectivity index (χ1) is 13.3. The predicted octanol–water partition coefficient (Wildman–Crippen LogP) is 1.26. The van der Waals surface area contributed by atoms with E-state index in [0.717, 1.165) is 25.7 Å². The molecule has 1 aromatic rings. The van der Waals surface area contributed by atoms with E-state index in [1.807, 2.05) is 4.90 Å². The highest BCUT2D eigenvalue weighted by molar-refractivity contribution is 5.96. The topological polar surface area (TPSA) is 122 Å². The lowest BCUT2D eigenvalue weighted by molar-refractivity contribution is -0.384. The summed E-state index contributed by atoms with van der Waals surface area (Å²) in [5.74, 6) is -0.290. The summed E-state index contributed by atoms with van der Waals surface area (Å²) < 4.78 is 0. The Morgan fingerprint density at radius 1 is 1.14 bits per heavy atom. The maximum Gasteiger partial charge on any atom is 0.293 e. The van der Waals surface area contributed by atoms with Crippen molar-refractivity contribution in [2.75, 3.05) is 31.1 Å². The average Bonchev–Trinajstić information content (AvgIpc) is 2.69. The van der Waals surface area contributed by atoms with Crippen molar-refractivity contribution < 1.29 is 14.5 Å². The maximum absolute atomic E-state index is 12.6. The zero-order valence-electron chi connectivity index (χ0n) is 16.1. The summed E-state index contributed by atoms with van der Waals surface area (Å²) in [4.78, 5) is 38.8. The molecule has 0 bridgehead atoms. The van der Waals surface area contributed by atoms with Gasteiger partial charge in [-0.25, -0.2) is 0 Å². The Morgan fingerprint density at radius 2 is 1.79 bits per heavy atom. The Labute approximate surface area is 164 Å². The molecular formula is C19H27N5O4. The summed E-state index contributed by atoms with van der Waals surface area (Å²) in [6.45, 7) is 3.62. The molecule has 9 nitrogen and oxygen atoms in total. The molecular weight excluding hydrogens is 362 g/mol. The minimum absolute atomic E-state index is 0.00448. The van der Waals surface area contributed by atoms with Gasteiger partial charge in [-0.2, -0.15) is 0 Å². The monoisotopic (exact) mass is 389 g/mol. The fraction of sp³-hybridized carbons (Fsp3) is 0.579. The highest BCUT2D eigenvalue weighted by Gasteiger charge is 2.27. The summed E-state index contributed by atoms with van der Waals surface area (Å²) >= 11 is 0. The van der Waals surface area contributed by atoms with Crippen LogP contribution in [0.1, 0.15) is 43.0 Å². The number of nitrogens with one attached hydrogen (secondary N) is 1. The lowest BCUT2D eigenvalue weighted by Crippen LogP contribution is -2.48. The minimum Gasteiger partial charge on any atom is -0.362 e. The molecule has 0 unspecified atom stereocenters. The van der Waals surface area contributed by atoms with Gasteiger partial charge in [0.25, 0.3) is 11.6 Å². The van der Waals surface area contributed by atoms with Crippen LogP contribution in [0.5, 0.6) is 0 Å². The van der Waals surface area contributed by atoms with Crippen LogP contribution < -0.4 is 16.0 Å². The Bertz CT molecular complexity index is 753. The normalized spacial score (nSPS) is 22.6. The lowest BCUT2D eigenvalue weighted by Gasteiger charge is -2.35. The van der Waals surface area contributed by atoms with Crippen molar-refractivity contribution in [1.29, 1.82) is 0 Å². The van der Waals surface area contributed by atoms with E-state index in [1.165, 1.54) is 13.0 Å². The number of hydrogen-bond acceptors (Lipinski definition) is 6. The first-order valence-electron chi connectivity index (χ1n) is 9.70. The van der Waals surface area contributed by atoms with Crippen molar-refractivity contribution in [2.45, 2.75) is 44.7 Å². The number of amides is 2. The van der Waals surface area contributed by atoms with Gasteiger partial charge in [0.1, 0.15) is 5.69 Å². The Balaban J connectivity index is 1.71. The first kappa shape index (κ1) is 20.1. The molecule has 0 radical (unpaired) electrons. The molecule has 0 aromatic heterocycles. The number of hydrogen-bond donors (Lipinski definition) is 2. The summed E-state index contributed by atoms with van der Waals surface area (Å²) in [6.07, 6.45) is 3.40. The van der Waals surface area contributed by atoms with Crippen LogP contribution in [0.3, 0.4) is 0 Å². The van der Waals surface area contributed by atoms with Crippen LogP contribution in [0.25, 0.3) is 0 Å². The van der Waals surface area contributed by atoms with E-state index < -0.39 is 4.92 Å². The first-order valence-corrected chi connectivity index (χ1v) is 9.70. The molecule has 0 atom stereocenters. The molecule has 2 fully saturated rings. The number of carbonyl (C=O) groups is 2. The molecule has 2 aliphatic rings. The average molecular weight is 389 g/mol. The van der Waals surface area contributed by atoms with Crippen LogP contribution in [-0.4, -0.2) is 59.9 Å². The van der Waals surface area contributed by atoms with Gasteiger partial charge in [-0.3, -0.25) is 19.7 Å². The number of carbonyl (C=O) groups excluding carboxylic acids is 2. The van der Waals surface area contributed by atoms with E-state index in [0.29, 0.717) is 31.9 Å². The van der Waals surface area contributed by atoms with Gasteiger partial charge in [-0.05, 0) is 37.8 Å². The second-order valence-corrected chi connectivity index (χ2v) is 7.54. The van der Waals surface area contributed by atoms with Crippen molar-refractivity contribution in [3.05, 3.63) is 33.9 Å². The molecule has 3 rings (SSSR count). The third-order valence-corrected chi connectivity index (χ3v) is 5.61. The number of benzene rings is 1. The van der Waals surface area contributed by atoms with Gasteiger partial charge in [0.05, 0.1) is 4.92 Å². The maximum atomic E-state index is 12.6. The van der Waals surface area contributed by atoms with E-state index in [9.17, 15) is 19.7 Å². The number of nitro groups is 1. The fourth-order valence-electron chi connectivity index (χ4n) is 3.87. The Morgan fingerprint density at radius 3 is 2.36 bits per heavy atom. The third-order valence-electron chi connectivity index (χ3n) is 5.61. The van der Waals surface area contributed by atoms with E-state index in [1.54, 1.807) is 17.0 Å². The van der Waals surface area contributed by atoms with E-state index in [4.69, 9.17) is 5.73 Å². The zero-order chi connectivity index (χ0) is 20.3. The van der Waals surface area contributed by atoms with Gasteiger partial charge in [-0.1, -0.05) is 0 Å². The van der Waals surface area contributed by atoms with Crippen LogP contribution in [0, 0.1) is 10.1 Å². The number of rotatable bonds is 4. The molecule has 28 heavy (non-hydrogen) atoms. The quantitative estimate of drug-likeness (QED) is 0.591. The van der Waals surface area contributed by atoms with Crippen molar-refractivity contribution in [1.82, 2.24) is 10.2 Å². The number of nitrogens with two attached hydrogens (primary N) is 1. The summed E-state index contributed by atoms with van der Waals surface area (Å²) in [5.41, 5.74) is 6.57. The van der Waals surface area contributed by atoms with Gasteiger partial charge in [0, 0.05) is 56.8 Å². The summed E-state index contributed by atoms with van der Waals surface area (Å²) in [7, 11) is 0. The molecule has 9 heteroatoms. The lowest BCUT2D eigenvalue weighted by atomic mass is 9.91. The molecule has 152 valence electrons. The van der Waals surface area contributed by atoms with E-state index >= 15 is 0 Å². The molecule has 1 aliphatic heterocycles. The smallest absolute Gasteiger partial charge is 0.293 e. The second-order valence-electron chi connectivity index (χ2n) is 7.54. The van der Waals surface area contributed by atoms with Crippen molar-refractivity contribution in [2.24, 2.45) is 5.73 Å². The van der Waals surface area contributed by atoms with Gasteiger partial charge in [-0.15, -0.1) is 0 Å². The van der Waals surface area contributed by atoms with Crippen LogP contribution in [0.4, 0.5) is 11.4 Å². The zero-order valence-corrected chi connectivity index (χ0v) is 16.1. The van der Waals surface area contributed by atoms with Crippen LogP contribution in [-0.2, 0) is 4.79 Å². The van der Waals surface area contributed by atoms with Crippen molar-refractivity contribution in [3.63, 3.8) is 0 Å². The summed E-state index contributed by atoms with van der Waals surface area (Å²) in [5, 5.41) is 14.6. The molecule has 1 saturated heterocycles. The van der Waals surface area contributed by atoms with Gasteiger partial charge < -0.3 is 20.9 Å². The molecule has 1 saturated carbocycles. The van der Waals surface area contributed by atoms with E-state index in [-0.39, 0.29) is 35.1 Å². The van der Waals surface area contributed by atoms with Crippen molar-refractivity contribution in [3.8, 4) is 0 Å². The largest absolute Gasteiger partial charge is 0.362 e. The van der Waals surface area contributed by atoms with Gasteiger partial charge in [0.15, 0.2) is 0 Å². The summed E-state index contributed by atoms with van der Waals surface area (Å²) in [6, 6.07) is 4.86. The minimum atomic E-state index is -0.455. The molecule has 3 N–H and O–H groups in total. The standard InChI is InChI=1S/C19H27N5O4/c1-13(25)22-8-10-23(11-9-22)17-7-2-14(12-18(17)24(27)28)19(26)21-16-5-3-15(20)4-6-16/h2,7,12,15-16H,3-6,8-11,20H2,1H3,(H,21,26). The number of nitrogens with zero attached hydrogens (tertiary/aromatic N) is 3. The highest BCUT2D eigenvalue weighted by Crippen LogP contribution is 2.30. The van der Waals surface area contributed by atoms with Gasteiger partial charge in [0.2, 0.25) is 5.91 Å². The predicted molar refractivity (Wildman–Crippen MR) is 105 cm³/mol. The molecule has 0 spiro atoms. The molecule has 2 amide bonds. The fourth-order valence-corrected chi connectivity index (χ4v) is 3.87. The highest BCUT2D eigenvalue weighted by atomic mass is 16.6. The Kier molecular flexibility index (Phi) is 6.13. The van der Waals surface area contributed by atoms with Gasteiger partial charge >= 0.3 is 0 Å². The number of nitro benzene ring substituents is 1. The number of anilines is 1. The van der Waals surface area contributed by atoms with Crippen molar-refractivity contribution >= 4 is 23.2 Å². The Hall–Kier alpha value is -2.68. The van der Waals surface area contributed by atoms with Crippen LogP contribution in [0.2, 0.25) is 0 Å². The number of piperazine rings is 1.